The van der Waals surface area contributed by atoms with E-state index >= 15 is 0 Å². The molecule has 0 amide bonds. The predicted octanol–water partition coefficient (Wildman–Crippen LogP) is 2.57. The van der Waals surface area contributed by atoms with Gasteiger partial charge in [0, 0.05) is 5.56 Å². The first-order chi connectivity index (χ1) is 11.0. The number of hydrogen-bond acceptors (Lipinski definition) is 5. The van der Waals surface area contributed by atoms with E-state index < -0.39 is 5.82 Å². The van der Waals surface area contributed by atoms with Crippen LogP contribution in [0.2, 0.25) is 0 Å². The molecule has 0 aliphatic heterocycles. The zero-order chi connectivity index (χ0) is 16.8. The monoisotopic (exact) mass is 335 g/mol. The number of aromatic hydroxyl groups is 2. The van der Waals surface area contributed by atoms with Gasteiger partial charge in [0.2, 0.25) is 5.75 Å². The number of ether oxygens (including phenoxy) is 1. The van der Waals surface area contributed by atoms with E-state index in [9.17, 15) is 14.6 Å². The Kier molecular flexibility index (Phi) is 5.32. The Morgan fingerprint density at radius 2 is 2.04 bits per heavy atom. The molecule has 2 aromatic rings. The Bertz CT molecular complexity index is 753. The van der Waals surface area contributed by atoms with Crippen molar-refractivity contribution in [2.45, 2.75) is 0 Å². The average molecular weight is 335 g/mol. The molecular formula is C15H14FN3O3S. The van der Waals surface area contributed by atoms with E-state index in [1.54, 1.807) is 12.1 Å². The normalized spacial score (nSPS) is 10.5. The summed E-state index contributed by atoms with van der Waals surface area (Å²) in [4.78, 5) is 0. The van der Waals surface area contributed by atoms with Crippen LogP contribution in [0.3, 0.4) is 0 Å². The van der Waals surface area contributed by atoms with Crippen molar-refractivity contribution in [1.29, 1.82) is 0 Å². The summed E-state index contributed by atoms with van der Waals surface area (Å²) in [6.45, 7) is 0. The topological polar surface area (TPSA) is 86.1 Å². The Hall–Kier alpha value is -2.87. The fourth-order valence-corrected chi connectivity index (χ4v) is 1.88. The number of phenolic OH excluding ortho intramolecular Hbond substituents is 2. The number of benzene rings is 2. The van der Waals surface area contributed by atoms with Gasteiger partial charge in [-0.2, -0.15) is 5.10 Å². The van der Waals surface area contributed by atoms with Gasteiger partial charge in [0.25, 0.3) is 0 Å². The van der Waals surface area contributed by atoms with Crippen molar-refractivity contribution in [2.24, 2.45) is 5.10 Å². The fourth-order valence-electron chi connectivity index (χ4n) is 1.72. The van der Waals surface area contributed by atoms with Gasteiger partial charge in [-0.25, -0.2) is 4.39 Å². The third-order valence-electron chi connectivity index (χ3n) is 2.80. The van der Waals surface area contributed by atoms with Crippen LogP contribution in [0.15, 0.2) is 41.5 Å². The van der Waals surface area contributed by atoms with Crippen molar-refractivity contribution in [3.8, 4) is 17.2 Å². The van der Waals surface area contributed by atoms with Crippen molar-refractivity contribution in [3.05, 3.63) is 47.8 Å². The molecular weight excluding hydrogens is 321 g/mol. The quantitative estimate of drug-likeness (QED) is 0.297. The summed E-state index contributed by atoms with van der Waals surface area (Å²) in [7, 11) is 1.36. The smallest absolute Gasteiger partial charge is 0.200 e. The van der Waals surface area contributed by atoms with Gasteiger partial charge in [0.15, 0.2) is 16.6 Å². The highest BCUT2D eigenvalue weighted by Crippen LogP contribution is 2.35. The number of nitrogens with zero attached hydrogens (tertiary/aromatic N) is 1. The summed E-state index contributed by atoms with van der Waals surface area (Å²) >= 11 is 4.99. The zero-order valence-corrected chi connectivity index (χ0v) is 12.9. The maximum Gasteiger partial charge on any atom is 0.200 e. The van der Waals surface area contributed by atoms with Crippen LogP contribution in [0.25, 0.3) is 0 Å². The van der Waals surface area contributed by atoms with Crippen LogP contribution in [0.5, 0.6) is 17.2 Å². The number of rotatable bonds is 4. The molecule has 0 atom stereocenters. The minimum Gasteiger partial charge on any atom is -0.504 e. The van der Waals surface area contributed by atoms with E-state index in [-0.39, 0.29) is 28.0 Å². The van der Waals surface area contributed by atoms with Gasteiger partial charge < -0.3 is 20.3 Å². The second-order valence-electron chi connectivity index (χ2n) is 4.39. The number of methoxy groups -OCH3 is 1. The number of hydrazone groups is 1. The second kappa shape index (κ2) is 7.41. The lowest BCUT2D eigenvalue weighted by Crippen LogP contribution is -2.24. The highest BCUT2D eigenvalue weighted by Gasteiger charge is 2.08. The van der Waals surface area contributed by atoms with Gasteiger partial charge in [0.1, 0.15) is 5.82 Å². The van der Waals surface area contributed by atoms with Crippen LogP contribution in [-0.4, -0.2) is 28.6 Å². The van der Waals surface area contributed by atoms with E-state index in [1.165, 1.54) is 37.6 Å². The van der Waals surface area contributed by atoms with E-state index in [1.807, 2.05) is 0 Å². The first kappa shape index (κ1) is 16.5. The lowest BCUT2D eigenvalue weighted by atomic mass is 10.2. The molecule has 23 heavy (non-hydrogen) atoms. The lowest BCUT2D eigenvalue weighted by Gasteiger charge is -2.08. The third kappa shape index (κ3) is 4.30. The second-order valence-corrected chi connectivity index (χ2v) is 4.80. The fraction of sp³-hybridized carbons (Fsp3) is 0.0667. The molecule has 0 fully saturated rings. The van der Waals surface area contributed by atoms with Gasteiger partial charge in [-0.15, -0.1) is 0 Å². The Balaban J connectivity index is 2.00. The Morgan fingerprint density at radius 3 is 2.74 bits per heavy atom. The summed E-state index contributed by atoms with van der Waals surface area (Å²) in [6.07, 6.45) is 1.36. The molecule has 0 saturated carbocycles. The molecule has 4 N–H and O–H groups in total. The number of para-hydroxylation sites is 1. The van der Waals surface area contributed by atoms with Crippen LogP contribution in [0.1, 0.15) is 5.56 Å². The van der Waals surface area contributed by atoms with Crippen molar-refractivity contribution < 1.29 is 19.3 Å². The van der Waals surface area contributed by atoms with Crippen molar-refractivity contribution in [2.75, 3.05) is 12.4 Å². The molecule has 0 spiro atoms. The molecule has 0 radical (unpaired) electrons. The Morgan fingerprint density at radius 1 is 1.30 bits per heavy atom. The zero-order valence-electron chi connectivity index (χ0n) is 12.1. The van der Waals surface area contributed by atoms with E-state index in [0.29, 0.717) is 5.56 Å². The van der Waals surface area contributed by atoms with Crippen LogP contribution < -0.4 is 15.5 Å². The number of anilines is 1. The number of halogens is 1. The number of thiocarbonyl (C=S) groups is 1. The van der Waals surface area contributed by atoms with Crippen molar-refractivity contribution in [3.63, 3.8) is 0 Å². The maximum absolute atomic E-state index is 13.4. The summed E-state index contributed by atoms with van der Waals surface area (Å²) < 4.78 is 18.4. The van der Waals surface area contributed by atoms with Gasteiger partial charge in [0.05, 0.1) is 19.0 Å². The van der Waals surface area contributed by atoms with Crippen LogP contribution in [0.4, 0.5) is 10.1 Å². The largest absolute Gasteiger partial charge is 0.504 e. The summed E-state index contributed by atoms with van der Waals surface area (Å²) in [6, 6.07) is 8.86. The molecule has 0 bridgehead atoms. The molecule has 8 heteroatoms. The van der Waals surface area contributed by atoms with E-state index in [2.05, 4.69) is 15.8 Å². The van der Waals surface area contributed by atoms with E-state index in [0.717, 1.165) is 0 Å². The standard InChI is InChI=1S/C15H14FN3O3S/c1-22-13-7-9(6-12(20)14(13)21)8-17-19-15(23)18-11-5-3-2-4-10(11)16/h2-8,20-21H,1H3,(H2,18,19,23)/b17-8+. The highest BCUT2D eigenvalue weighted by atomic mass is 32.1. The summed E-state index contributed by atoms with van der Waals surface area (Å²) in [5, 5.41) is 25.7. The molecule has 2 rings (SSSR count). The van der Waals surface area contributed by atoms with E-state index in [4.69, 9.17) is 17.0 Å². The first-order valence-corrected chi connectivity index (χ1v) is 6.86. The Labute approximate surface area is 137 Å². The SMILES string of the molecule is COc1cc(/C=N/NC(=S)Nc2ccccc2F)cc(O)c1O. The molecule has 6 nitrogen and oxygen atoms in total. The molecule has 0 heterocycles. The number of hydrogen-bond donors (Lipinski definition) is 4. The third-order valence-corrected chi connectivity index (χ3v) is 2.99. The molecule has 2 aromatic carbocycles. The number of phenols is 2. The van der Waals surface area contributed by atoms with Gasteiger partial charge in [-0.05, 0) is 36.5 Å². The van der Waals surface area contributed by atoms with Crippen LogP contribution in [-0.2, 0) is 0 Å². The molecule has 0 unspecified atom stereocenters. The molecule has 0 aliphatic carbocycles. The lowest BCUT2D eigenvalue weighted by molar-refractivity contribution is 0.351. The molecule has 0 aliphatic rings. The molecule has 0 aromatic heterocycles. The molecule has 120 valence electrons. The van der Waals surface area contributed by atoms with Crippen molar-refractivity contribution >= 4 is 29.2 Å². The number of nitrogens with one attached hydrogen (secondary N) is 2. The van der Waals surface area contributed by atoms with Crippen LogP contribution in [0, 0.1) is 5.82 Å². The first-order valence-electron chi connectivity index (χ1n) is 6.46. The maximum atomic E-state index is 13.4. The van der Waals surface area contributed by atoms with Crippen molar-refractivity contribution in [1.82, 2.24) is 5.43 Å². The minimum absolute atomic E-state index is 0.0984. The van der Waals surface area contributed by atoms with Gasteiger partial charge in [-0.1, -0.05) is 12.1 Å². The minimum atomic E-state index is -0.436. The molecule has 0 saturated heterocycles. The summed E-state index contributed by atoms with van der Waals surface area (Å²) in [5.74, 6) is -1.01. The van der Waals surface area contributed by atoms with Gasteiger partial charge >= 0.3 is 0 Å². The van der Waals surface area contributed by atoms with Gasteiger partial charge in [-0.3, -0.25) is 5.43 Å². The average Bonchev–Trinajstić information content (AvgIpc) is 2.53. The highest BCUT2D eigenvalue weighted by molar-refractivity contribution is 7.80. The summed E-state index contributed by atoms with van der Waals surface area (Å²) in [5.41, 5.74) is 3.21. The van der Waals surface area contributed by atoms with Crippen LogP contribution >= 0.6 is 12.2 Å². The predicted molar refractivity (Wildman–Crippen MR) is 89.7 cm³/mol.